The molecule has 1 aliphatic heterocycles. The summed E-state index contributed by atoms with van der Waals surface area (Å²) < 4.78 is 58.9. The Hall–Kier alpha value is -2.92. The number of carboxylic acids is 1. The molecule has 1 aromatic heterocycles. The zero-order chi connectivity index (χ0) is 25.5. The Morgan fingerprint density at radius 3 is 2.49 bits per heavy atom. The van der Waals surface area contributed by atoms with Crippen LogP contribution in [-0.2, 0) is 17.5 Å². The summed E-state index contributed by atoms with van der Waals surface area (Å²) in [6.07, 6.45) is -4.76. The lowest BCUT2D eigenvalue weighted by Crippen LogP contribution is -2.56. The highest BCUT2D eigenvalue weighted by molar-refractivity contribution is 7.22. The maximum Gasteiger partial charge on any atom is 0.419 e. The zero-order valence-electron chi connectivity index (χ0n) is 19.4. The molecule has 0 spiro atoms. The summed E-state index contributed by atoms with van der Waals surface area (Å²) in [4.78, 5) is 19.6. The van der Waals surface area contributed by atoms with Crippen molar-refractivity contribution >= 4 is 32.7 Å². The van der Waals surface area contributed by atoms with Crippen LogP contribution in [0.3, 0.4) is 0 Å². The molecule has 1 fully saturated rings. The molecule has 4 rings (SSSR count). The number of ether oxygens (including phenoxy) is 1. The quantitative estimate of drug-likeness (QED) is 0.452. The molecule has 3 aromatic rings. The van der Waals surface area contributed by atoms with E-state index < -0.39 is 30.1 Å². The fraction of sp³-hybridized carbons (Fsp3) is 0.417. The number of thiazole rings is 1. The van der Waals surface area contributed by atoms with Crippen LogP contribution in [0, 0.1) is 12.7 Å². The third-order valence-electron chi connectivity index (χ3n) is 5.98. The molecule has 0 amide bonds. The molecule has 0 bridgehead atoms. The Balaban J connectivity index is 1.50. The molecule has 2 heterocycles. The number of aryl methyl sites for hydroxylation is 1. The lowest BCUT2D eigenvalue weighted by Gasteiger charge is -2.44. The van der Waals surface area contributed by atoms with Crippen LogP contribution in [0.5, 0.6) is 5.75 Å². The summed E-state index contributed by atoms with van der Waals surface area (Å²) in [7, 11) is 0. The van der Waals surface area contributed by atoms with Crippen molar-refractivity contribution in [3.63, 3.8) is 0 Å². The van der Waals surface area contributed by atoms with E-state index >= 15 is 0 Å². The van der Waals surface area contributed by atoms with Crippen molar-refractivity contribution < 1.29 is 32.2 Å². The zero-order valence-corrected chi connectivity index (χ0v) is 20.2. The number of aromatic nitrogens is 1. The second-order valence-electron chi connectivity index (χ2n) is 8.91. The van der Waals surface area contributed by atoms with E-state index in [0.717, 1.165) is 34.6 Å². The van der Waals surface area contributed by atoms with Gasteiger partial charge in [0.1, 0.15) is 11.6 Å². The molecule has 0 radical (unpaired) electrons. The van der Waals surface area contributed by atoms with Crippen molar-refractivity contribution in [1.29, 1.82) is 0 Å². The number of fused-ring (bicyclic) bond motifs is 1. The molecule has 0 saturated carbocycles. The summed E-state index contributed by atoms with van der Waals surface area (Å²) in [5, 5.41) is 9.43. The van der Waals surface area contributed by atoms with Crippen molar-refractivity contribution in [3.8, 4) is 5.75 Å². The van der Waals surface area contributed by atoms with Crippen molar-refractivity contribution in [2.24, 2.45) is 0 Å². The van der Waals surface area contributed by atoms with Gasteiger partial charge in [-0.05, 0) is 50.1 Å². The summed E-state index contributed by atoms with van der Waals surface area (Å²) in [6, 6.07) is 7.52. The van der Waals surface area contributed by atoms with Gasteiger partial charge in [0.25, 0.3) is 0 Å². The average Bonchev–Trinajstić information content (AvgIpc) is 3.16. The highest BCUT2D eigenvalue weighted by atomic mass is 32.1. The molecular weight excluding hydrogens is 486 g/mol. The predicted octanol–water partition coefficient (Wildman–Crippen LogP) is 5.33. The summed E-state index contributed by atoms with van der Waals surface area (Å²) >= 11 is 1.13. The standard InChI is InChI=1S/C24H25F4N3O3S/c1-13-4-16(6-17(5-13)34-12-22(32)33)11-31-14(2)9-30(10-15(31)3)23-29-20-8-19(25)18(24(26,27)28)7-21(20)35-23/h4-8,14-15H,9-12H2,1-3H3,(H,32,33)/t14-,15+. The van der Waals surface area contributed by atoms with E-state index in [1.165, 1.54) is 0 Å². The van der Waals surface area contributed by atoms with E-state index in [4.69, 9.17) is 9.84 Å². The van der Waals surface area contributed by atoms with Gasteiger partial charge in [-0.25, -0.2) is 14.2 Å². The fourth-order valence-corrected chi connectivity index (χ4v) is 5.47. The second-order valence-corrected chi connectivity index (χ2v) is 9.92. The van der Waals surface area contributed by atoms with Crippen molar-refractivity contribution in [2.75, 3.05) is 24.6 Å². The minimum atomic E-state index is -4.76. The van der Waals surface area contributed by atoms with Gasteiger partial charge >= 0.3 is 12.1 Å². The van der Waals surface area contributed by atoms with Crippen LogP contribution < -0.4 is 9.64 Å². The van der Waals surface area contributed by atoms with Crippen LogP contribution in [0.4, 0.5) is 22.7 Å². The molecule has 35 heavy (non-hydrogen) atoms. The number of piperazine rings is 1. The molecule has 6 nitrogen and oxygen atoms in total. The number of anilines is 1. The van der Waals surface area contributed by atoms with E-state index in [0.29, 0.717) is 35.2 Å². The Morgan fingerprint density at radius 2 is 1.86 bits per heavy atom. The third kappa shape index (κ3) is 5.67. The number of carboxylic acid groups (broad SMARTS) is 1. The topological polar surface area (TPSA) is 65.9 Å². The van der Waals surface area contributed by atoms with Gasteiger partial charge in [-0.2, -0.15) is 13.2 Å². The molecule has 1 N–H and O–H groups in total. The molecule has 188 valence electrons. The smallest absolute Gasteiger partial charge is 0.419 e. The van der Waals surface area contributed by atoms with Crippen LogP contribution in [0.1, 0.15) is 30.5 Å². The Labute approximate surface area is 203 Å². The summed E-state index contributed by atoms with van der Waals surface area (Å²) in [5.41, 5.74) is 0.887. The number of nitrogens with zero attached hydrogens (tertiary/aromatic N) is 3. The molecule has 2 aromatic carbocycles. The first-order valence-corrected chi connectivity index (χ1v) is 11.9. The fourth-order valence-electron chi connectivity index (χ4n) is 4.47. The van der Waals surface area contributed by atoms with E-state index in [-0.39, 0.29) is 17.6 Å². The Kier molecular flexibility index (Phi) is 6.92. The van der Waals surface area contributed by atoms with Gasteiger partial charge in [0.05, 0.1) is 15.8 Å². The number of carbonyl (C=O) groups is 1. The van der Waals surface area contributed by atoms with Crippen LogP contribution in [0.15, 0.2) is 30.3 Å². The van der Waals surface area contributed by atoms with Gasteiger partial charge in [0.15, 0.2) is 11.7 Å². The molecule has 2 atom stereocenters. The van der Waals surface area contributed by atoms with Gasteiger partial charge < -0.3 is 14.7 Å². The minimum Gasteiger partial charge on any atom is -0.482 e. The molecule has 11 heteroatoms. The maximum atomic E-state index is 14.0. The second kappa shape index (κ2) is 9.62. The third-order valence-corrected chi connectivity index (χ3v) is 7.06. The first-order chi connectivity index (χ1) is 16.4. The Bertz CT molecular complexity index is 1230. The lowest BCUT2D eigenvalue weighted by atomic mass is 10.0. The molecule has 1 saturated heterocycles. The van der Waals surface area contributed by atoms with Gasteiger partial charge in [-0.15, -0.1) is 0 Å². The van der Waals surface area contributed by atoms with Gasteiger partial charge in [-0.3, -0.25) is 4.90 Å². The largest absolute Gasteiger partial charge is 0.482 e. The maximum absolute atomic E-state index is 14.0. The van der Waals surface area contributed by atoms with Crippen LogP contribution in [0.2, 0.25) is 0 Å². The number of hydrogen-bond acceptors (Lipinski definition) is 6. The number of halogens is 4. The lowest BCUT2D eigenvalue weighted by molar-refractivity contribution is -0.140. The number of benzene rings is 2. The summed E-state index contributed by atoms with van der Waals surface area (Å²) in [6.45, 7) is 7.47. The molecule has 0 aliphatic carbocycles. The highest BCUT2D eigenvalue weighted by Gasteiger charge is 2.35. The number of rotatable bonds is 6. The van der Waals surface area contributed by atoms with E-state index in [1.54, 1.807) is 6.07 Å². The molecule has 0 unspecified atom stereocenters. The average molecular weight is 512 g/mol. The van der Waals surface area contributed by atoms with Crippen LogP contribution in [-0.4, -0.2) is 52.7 Å². The first kappa shape index (κ1) is 25.2. The number of hydrogen-bond donors (Lipinski definition) is 1. The van der Waals surface area contributed by atoms with Crippen LogP contribution >= 0.6 is 11.3 Å². The normalized spacial score (nSPS) is 19.3. The molecule has 1 aliphatic rings. The van der Waals surface area contributed by atoms with Gasteiger partial charge in [0, 0.05) is 37.8 Å². The van der Waals surface area contributed by atoms with Gasteiger partial charge in [0.2, 0.25) is 0 Å². The van der Waals surface area contributed by atoms with Crippen molar-refractivity contribution in [1.82, 2.24) is 9.88 Å². The van der Waals surface area contributed by atoms with E-state index in [2.05, 4.69) is 23.7 Å². The van der Waals surface area contributed by atoms with Crippen molar-refractivity contribution in [3.05, 3.63) is 52.8 Å². The summed E-state index contributed by atoms with van der Waals surface area (Å²) in [5.74, 6) is -1.86. The van der Waals surface area contributed by atoms with Crippen LogP contribution in [0.25, 0.3) is 10.2 Å². The Morgan fingerprint density at radius 1 is 1.17 bits per heavy atom. The van der Waals surface area contributed by atoms with E-state index in [1.807, 2.05) is 24.0 Å². The minimum absolute atomic E-state index is 0.0946. The van der Waals surface area contributed by atoms with Crippen molar-refractivity contribution in [2.45, 2.75) is 45.6 Å². The van der Waals surface area contributed by atoms with Gasteiger partial charge in [-0.1, -0.05) is 17.4 Å². The predicted molar refractivity (Wildman–Crippen MR) is 126 cm³/mol. The monoisotopic (exact) mass is 511 g/mol. The number of aliphatic carboxylic acids is 1. The highest BCUT2D eigenvalue weighted by Crippen LogP contribution is 2.38. The SMILES string of the molecule is Cc1cc(CN2[C@H](C)CN(c3nc4cc(F)c(C(F)(F)F)cc4s3)C[C@@H]2C)cc(OCC(=O)O)c1. The number of alkyl halides is 3. The first-order valence-electron chi connectivity index (χ1n) is 11.0. The molecular formula is C24H25F4N3O3S. The van der Waals surface area contributed by atoms with E-state index in [9.17, 15) is 22.4 Å².